The van der Waals surface area contributed by atoms with Gasteiger partial charge in [0.1, 0.15) is 5.54 Å². The molecule has 0 aromatic carbocycles. The first-order chi connectivity index (χ1) is 7.29. The number of nitrogens with one attached hydrogen (secondary N) is 2. The molecule has 1 atom stereocenters. The van der Waals surface area contributed by atoms with Gasteiger partial charge >= 0.3 is 5.97 Å². The molecule has 0 radical (unpaired) electrons. The predicted molar refractivity (Wildman–Crippen MR) is 57.1 cm³/mol. The van der Waals surface area contributed by atoms with E-state index in [0.717, 1.165) is 25.8 Å². The Morgan fingerprint density at radius 1 is 1.47 bits per heavy atom. The molecule has 2 fully saturated rings. The third-order valence-corrected chi connectivity index (χ3v) is 3.65. The average molecular weight is 212 g/mol. The molecule has 2 rings (SSSR count). The van der Waals surface area contributed by atoms with Gasteiger partial charge in [0.05, 0.1) is 6.61 Å². The molecule has 1 aliphatic carbocycles. The zero-order valence-electron chi connectivity index (χ0n) is 9.34. The molecule has 1 heterocycles. The highest BCUT2D eigenvalue weighted by Crippen LogP contribution is 2.37. The summed E-state index contributed by atoms with van der Waals surface area (Å²) in [5, 5.41) is 0. The molecular weight excluding hydrogens is 192 g/mol. The van der Waals surface area contributed by atoms with Crippen LogP contribution in [-0.2, 0) is 9.53 Å². The maximum absolute atomic E-state index is 12.0. The second-order valence-corrected chi connectivity index (χ2v) is 4.47. The average Bonchev–Trinajstić information content (AvgIpc) is 2.90. The molecule has 0 aromatic rings. The quantitative estimate of drug-likeness (QED) is 0.685. The Hall–Kier alpha value is -0.610. The summed E-state index contributed by atoms with van der Waals surface area (Å²) < 4.78 is 5.20. The number of carbonyl (C=O) groups is 1. The van der Waals surface area contributed by atoms with Crippen LogP contribution in [0.2, 0.25) is 0 Å². The van der Waals surface area contributed by atoms with Gasteiger partial charge in [0, 0.05) is 6.54 Å². The normalized spacial score (nSPS) is 32.1. The van der Waals surface area contributed by atoms with Crippen molar-refractivity contribution in [2.24, 2.45) is 5.92 Å². The highest BCUT2D eigenvalue weighted by Gasteiger charge is 2.49. The van der Waals surface area contributed by atoms with Gasteiger partial charge in [-0.15, -0.1) is 0 Å². The van der Waals surface area contributed by atoms with E-state index >= 15 is 0 Å². The second-order valence-electron chi connectivity index (χ2n) is 4.47. The number of rotatable bonds is 3. The molecule has 1 saturated carbocycles. The Morgan fingerprint density at radius 3 is 2.73 bits per heavy atom. The summed E-state index contributed by atoms with van der Waals surface area (Å²) in [7, 11) is 0. The first-order valence-electron chi connectivity index (χ1n) is 5.97. The van der Waals surface area contributed by atoms with E-state index in [2.05, 4.69) is 10.9 Å². The van der Waals surface area contributed by atoms with E-state index in [-0.39, 0.29) is 5.97 Å². The maximum atomic E-state index is 12.0. The summed E-state index contributed by atoms with van der Waals surface area (Å²) in [4.78, 5) is 12.0. The summed E-state index contributed by atoms with van der Waals surface area (Å²) in [5.41, 5.74) is 5.81. The molecule has 1 unspecified atom stereocenters. The van der Waals surface area contributed by atoms with Gasteiger partial charge in [0.15, 0.2) is 0 Å². The van der Waals surface area contributed by atoms with Gasteiger partial charge in [0.25, 0.3) is 0 Å². The first kappa shape index (κ1) is 10.9. The Kier molecular flexibility index (Phi) is 3.26. The van der Waals surface area contributed by atoms with Crippen LogP contribution >= 0.6 is 0 Å². The smallest absolute Gasteiger partial charge is 0.327 e. The molecule has 4 nitrogen and oxygen atoms in total. The minimum absolute atomic E-state index is 0.0677. The van der Waals surface area contributed by atoms with Crippen molar-refractivity contribution in [3.8, 4) is 0 Å². The molecule has 0 aromatic heterocycles. The Morgan fingerprint density at radius 2 is 2.20 bits per heavy atom. The number of ether oxygens (including phenoxy) is 1. The molecule has 0 amide bonds. The maximum Gasteiger partial charge on any atom is 0.327 e. The number of carbonyl (C=O) groups excluding carboxylic acids is 1. The Labute approximate surface area is 90.7 Å². The molecule has 2 N–H and O–H groups in total. The molecule has 2 aliphatic rings. The summed E-state index contributed by atoms with van der Waals surface area (Å²) in [6.45, 7) is 3.19. The van der Waals surface area contributed by atoms with Crippen LogP contribution in [0.25, 0.3) is 0 Å². The zero-order valence-corrected chi connectivity index (χ0v) is 9.34. The van der Waals surface area contributed by atoms with Crippen molar-refractivity contribution >= 4 is 5.97 Å². The van der Waals surface area contributed by atoms with Gasteiger partial charge in [-0.25, -0.2) is 10.2 Å². The van der Waals surface area contributed by atoms with Crippen LogP contribution in [0.4, 0.5) is 0 Å². The van der Waals surface area contributed by atoms with Crippen molar-refractivity contribution in [3.63, 3.8) is 0 Å². The molecule has 0 bridgehead atoms. The molecule has 15 heavy (non-hydrogen) atoms. The highest BCUT2D eigenvalue weighted by molar-refractivity contribution is 5.81. The lowest BCUT2D eigenvalue weighted by molar-refractivity contribution is -0.153. The van der Waals surface area contributed by atoms with E-state index in [4.69, 9.17) is 4.74 Å². The summed E-state index contributed by atoms with van der Waals surface area (Å²) in [5.74, 6) is 0.383. The monoisotopic (exact) mass is 212 g/mol. The van der Waals surface area contributed by atoms with Crippen LogP contribution in [0.15, 0.2) is 0 Å². The zero-order chi connectivity index (χ0) is 10.7. The fourth-order valence-corrected chi connectivity index (χ4v) is 2.85. The third kappa shape index (κ3) is 1.88. The SMILES string of the molecule is CCOC(=O)C1(C2CCCC2)CCNN1. The van der Waals surface area contributed by atoms with Crippen molar-refractivity contribution in [1.29, 1.82) is 0 Å². The van der Waals surface area contributed by atoms with Gasteiger partial charge in [-0.2, -0.15) is 0 Å². The molecule has 1 aliphatic heterocycles. The lowest BCUT2D eigenvalue weighted by Crippen LogP contribution is -2.56. The van der Waals surface area contributed by atoms with Crippen molar-refractivity contribution in [2.75, 3.05) is 13.2 Å². The lowest BCUT2D eigenvalue weighted by atomic mass is 9.81. The number of hydrogen-bond donors (Lipinski definition) is 2. The van der Waals surface area contributed by atoms with Crippen molar-refractivity contribution in [1.82, 2.24) is 10.9 Å². The van der Waals surface area contributed by atoms with Crippen LogP contribution in [0, 0.1) is 5.92 Å². The number of esters is 1. The molecule has 0 spiro atoms. The summed E-state index contributed by atoms with van der Waals surface area (Å²) in [6.07, 6.45) is 5.64. The van der Waals surface area contributed by atoms with Gasteiger partial charge in [-0.05, 0) is 32.1 Å². The standard InChI is InChI=1S/C11H20N2O2/c1-2-15-10(14)11(7-8-12-13-11)9-5-3-4-6-9/h9,12-13H,2-8H2,1H3. The Bertz CT molecular complexity index is 231. The van der Waals surface area contributed by atoms with E-state index < -0.39 is 5.54 Å². The van der Waals surface area contributed by atoms with E-state index in [1.54, 1.807) is 0 Å². The fourth-order valence-electron chi connectivity index (χ4n) is 2.85. The molecule has 1 saturated heterocycles. The molecular formula is C11H20N2O2. The summed E-state index contributed by atoms with van der Waals surface area (Å²) >= 11 is 0. The van der Waals surface area contributed by atoms with E-state index in [0.29, 0.717) is 12.5 Å². The van der Waals surface area contributed by atoms with E-state index in [1.807, 2.05) is 6.92 Å². The van der Waals surface area contributed by atoms with Gasteiger partial charge in [0.2, 0.25) is 0 Å². The fraction of sp³-hybridized carbons (Fsp3) is 0.909. The summed E-state index contributed by atoms with van der Waals surface area (Å²) in [6, 6.07) is 0. The van der Waals surface area contributed by atoms with Crippen LogP contribution in [0.3, 0.4) is 0 Å². The van der Waals surface area contributed by atoms with Gasteiger partial charge in [-0.1, -0.05) is 12.8 Å². The Balaban J connectivity index is 2.11. The lowest BCUT2D eigenvalue weighted by Gasteiger charge is -2.32. The van der Waals surface area contributed by atoms with E-state index in [9.17, 15) is 4.79 Å². The largest absolute Gasteiger partial charge is 0.465 e. The minimum Gasteiger partial charge on any atom is -0.465 e. The molecule has 4 heteroatoms. The third-order valence-electron chi connectivity index (χ3n) is 3.65. The molecule has 86 valence electrons. The number of hydrogen-bond acceptors (Lipinski definition) is 4. The van der Waals surface area contributed by atoms with Crippen LogP contribution < -0.4 is 10.9 Å². The topological polar surface area (TPSA) is 50.4 Å². The highest BCUT2D eigenvalue weighted by atomic mass is 16.5. The first-order valence-corrected chi connectivity index (χ1v) is 5.97. The van der Waals surface area contributed by atoms with Crippen molar-refractivity contribution in [3.05, 3.63) is 0 Å². The number of hydrazine groups is 1. The van der Waals surface area contributed by atoms with Crippen LogP contribution in [0.5, 0.6) is 0 Å². The minimum atomic E-state index is -0.438. The predicted octanol–water partition coefficient (Wildman–Crippen LogP) is 0.976. The van der Waals surface area contributed by atoms with Crippen molar-refractivity contribution in [2.45, 2.75) is 44.6 Å². The van der Waals surface area contributed by atoms with E-state index in [1.165, 1.54) is 12.8 Å². The van der Waals surface area contributed by atoms with Gasteiger partial charge < -0.3 is 4.74 Å². The second kappa shape index (κ2) is 4.49. The van der Waals surface area contributed by atoms with Crippen molar-refractivity contribution < 1.29 is 9.53 Å². The van der Waals surface area contributed by atoms with Crippen LogP contribution in [0.1, 0.15) is 39.0 Å². The van der Waals surface area contributed by atoms with Gasteiger partial charge in [-0.3, -0.25) is 5.43 Å². The van der Waals surface area contributed by atoms with Crippen LogP contribution in [-0.4, -0.2) is 24.7 Å².